The molecular weight excluding hydrogens is 358 g/mol. The Labute approximate surface area is 126 Å². The lowest BCUT2D eigenvalue weighted by atomic mass is 9.90. The minimum absolute atomic E-state index is 0.0357. The number of benzene rings is 1. The number of carbonyl (C=O) groups excluding carboxylic acids is 1. The second-order valence-electron chi connectivity index (χ2n) is 5.05. The van der Waals surface area contributed by atoms with Gasteiger partial charge in [-0.2, -0.15) is 0 Å². The lowest BCUT2D eigenvalue weighted by Crippen LogP contribution is -2.51. The Morgan fingerprint density at radius 3 is 2.95 bits per heavy atom. The van der Waals surface area contributed by atoms with Gasteiger partial charge in [-0.05, 0) is 59.5 Å². The number of halogens is 2. The second-order valence-corrected chi connectivity index (χ2v) is 6.21. The fraction of sp³-hybridized carbons (Fsp3) is 0.500. The number of nitrogens with zero attached hydrogens (tertiary/aromatic N) is 1. The quantitative estimate of drug-likeness (QED) is 0.807. The van der Waals surface area contributed by atoms with Crippen molar-refractivity contribution < 1.29 is 9.18 Å². The zero-order valence-electron chi connectivity index (χ0n) is 10.9. The molecule has 1 aliphatic rings. The number of piperidine rings is 1. The van der Waals surface area contributed by atoms with Crippen molar-refractivity contribution in [3.05, 3.63) is 33.1 Å². The van der Waals surface area contributed by atoms with E-state index in [1.807, 2.05) is 27.5 Å². The van der Waals surface area contributed by atoms with Crippen molar-refractivity contribution in [3.8, 4) is 0 Å². The summed E-state index contributed by atoms with van der Waals surface area (Å²) in [6.07, 6.45) is 2.10. The molecule has 0 radical (unpaired) electrons. The van der Waals surface area contributed by atoms with Crippen LogP contribution in [-0.4, -0.2) is 29.9 Å². The van der Waals surface area contributed by atoms with Crippen LogP contribution in [0.2, 0.25) is 0 Å². The van der Waals surface area contributed by atoms with Crippen LogP contribution in [-0.2, 0) is 0 Å². The zero-order chi connectivity index (χ0) is 14.0. The molecule has 0 spiro atoms. The molecule has 1 heterocycles. The van der Waals surface area contributed by atoms with E-state index in [0.717, 1.165) is 19.4 Å². The third-order valence-corrected chi connectivity index (χ3v) is 4.67. The Kier molecular flexibility index (Phi) is 4.78. The first-order valence-electron chi connectivity index (χ1n) is 6.50. The van der Waals surface area contributed by atoms with Gasteiger partial charge in [0.2, 0.25) is 0 Å². The van der Waals surface area contributed by atoms with Crippen molar-refractivity contribution >= 4 is 28.5 Å². The van der Waals surface area contributed by atoms with E-state index in [2.05, 4.69) is 6.92 Å². The average molecular weight is 376 g/mol. The van der Waals surface area contributed by atoms with Gasteiger partial charge < -0.3 is 10.6 Å². The van der Waals surface area contributed by atoms with E-state index in [4.69, 9.17) is 5.73 Å². The highest BCUT2D eigenvalue weighted by Gasteiger charge is 2.31. The van der Waals surface area contributed by atoms with Crippen molar-refractivity contribution in [2.24, 2.45) is 11.7 Å². The number of hydrogen-bond donors (Lipinski definition) is 1. The molecule has 1 fully saturated rings. The van der Waals surface area contributed by atoms with Gasteiger partial charge in [-0.25, -0.2) is 4.39 Å². The highest BCUT2D eigenvalue weighted by molar-refractivity contribution is 14.1. The number of amides is 1. The Hall–Kier alpha value is -0.690. The largest absolute Gasteiger partial charge is 0.334 e. The van der Waals surface area contributed by atoms with Crippen LogP contribution < -0.4 is 5.73 Å². The molecule has 0 aliphatic carbocycles. The van der Waals surface area contributed by atoms with E-state index in [-0.39, 0.29) is 17.8 Å². The molecule has 2 unspecified atom stereocenters. The van der Waals surface area contributed by atoms with Crippen molar-refractivity contribution in [3.63, 3.8) is 0 Å². The second kappa shape index (κ2) is 6.17. The number of nitrogens with two attached hydrogens (primary N) is 1. The summed E-state index contributed by atoms with van der Waals surface area (Å²) in [5, 5.41) is 0. The van der Waals surface area contributed by atoms with Crippen LogP contribution in [0.25, 0.3) is 0 Å². The number of rotatable bonds is 2. The van der Waals surface area contributed by atoms with E-state index in [0.29, 0.717) is 21.6 Å². The molecule has 104 valence electrons. The van der Waals surface area contributed by atoms with Crippen molar-refractivity contribution in [2.45, 2.75) is 25.8 Å². The fourth-order valence-electron chi connectivity index (χ4n) is 2.68. The van der Waals surface area contributed by atoms with Gasteiger partial charge in [-0.15, -0.1) is 0 Å². The molecule has 5 heteroatoms. The molecule has 0 saturated carbocycles. The third-order valence-electron chi connectivity index (χ3n) is 3.78. The summed E-state index contributed by atoms with van der Waals surface area (Å²) < 4.78 is 13.8. The van der Waals surface area contributed by atoms with Crippen LogP contribution in [0.5, 0.6) is 0 Å². The Morgan fingerprint density at radius 1 is 1.58 bits per heavy atom. The Balaban J connectivity index is 2.27. The van der Waals surface area contributed by atoms with Crippen LogP contribution in [0.4, 0.5) is 4.39 Å². The number of likely N-dealkylation sites (tertiary alicyclic amines) is 1. The summed E-state index contributed by atoms with van der Waals surface area (Å²) in [5.41, 5.74) is 6.37. The zero-order valence-corrected chi connectivity index (χ0v) is 13.1. The van der Waals surface area contributed by atoms with Crippen LogP contribution in [0.3, 0.4) is 0 Å². The van der Waals surface area contributed by atoms with Gasteiger partial charge in [0.1, 0.15) is 5.82 Å². The smallest absolute Gasteiger partial charge is 0.255 e. The van der Waals surface area contributed by atoms with E-state index in [1.165, 1.54) is 12.1 Å². The molecule has 1 saturated heterocycles. The fourth-order valence-corrected chi connectivity index (χ4v) is 3.39. The molecule has 1 amide bonds. The number of hydrogen-bond acceptors (Lipinski definition) is 2. The van der Waals surface area contributed by atoms with Crippen LogP contribution in [0, 0.1) is 15.3 Å². The molecule has 1 aromatic carbocycles. The van der Waals surface area contributed by atoms with Gasteiger partial charge in [0, 0.05) is 22.7 Å². The highest BCUT2D eigenvalue weighted by Crippen LogP contribution is 2.25. The maximum Gasteiger partial charge on any atom is 0.255 e. The molecule has 1 aromatic rings. The van der Waals surface area contributed by atoms with E-state index >= 15 is 0 Å². The summed E-state index contributed by atoms with van der Waals surface area (Å²) in [7, 11) is 0. The topological polar surface area (TPSA) is 46.3 Å². The first-order chi connectivity index (χ1) is 9.04. The molecule has 2 rings (SSSR count). The number of carbonyl (C=O) groups is 1. The molecular formula is C14H18FIN2O. The Morgan fingerprint density at radius 2 is 2.32 bits per heavy atom. The van der Waals surface area contributed by atoms with E-state index < -0.39 is 0 Å². The predicted octanol–water partition coefficient (Wildman–Crippen LogP) is 2.63. The van der Waals surface area contributed by atoms with Crippen molar-refractivity contribution in [1.82, 2.24) is 4.90 Å². The summed E-state index contributed by atoms with van der Waals surface area (Å²) in [5.74, 6) is 0.0653. The maximum absolute atomic E-state index is 13.1. The van der Waals surface area contributed by atoms with Gasteiger partial charge >= 0.3 is 0 Å². The highest BCUT2D eigenvalue weighted by atomic mass is 127. The van der Waals surface area contributed by atoms with Gasteiger partial charge in [0.05, 0.1) is 5.56 Å². The molecule has 3 nitrogen and oxygen atoms in total. The maximum atomic E-state index is 13.1. The van der Waals surface area contributed by atoms with E-state index in [9.17, 15) is 9.18 Å². The summed E-state index contributed by atoms with van der Waals surface area (Å²) >= 11 is 2.00. The first kappa shape index (κ1) is 14.7. The van der Waals surface area contributed by atoms with Crippen LogP contribution >= 0.6 is 22.6 Å². The third kappa shape index (κ3) is 3.08. The standard InChI is InChI=1S/C14H18FIN2O/c1-9-3-2-6-18(13(9)8-17)14(19)11-5-4-10(15)7-12(11)16/h4-5,7,9,13H,2-3,6,8,17H2,1H3. The molecule has 1 aliphatic heterocycles. The average Bonchev–Trinajstić information content (AvgIpc) is 2.37. The molecule has 2 atom stereocenters. The molecule has 0 bridgehead atoms. The lowest BCUT2D eigenvalue weighted by molar-refractivity contribution is 0.0531. The van der Waals surface area contributed by atoms with Gasteiger partial charge in [-0.1, -0.05) is 6.92 Å². The van der Waals surface area contributed by atoms with Crippen LogP contribution in [0.15, 0.2) is 18.2 Å². The van der Waals surface area contributed by atoms with Gasteiger partial charge in [-0.3, -0.25) is 4.79 Å². The summed E-state index contributed by atoms with van der Waals surface area (Å²) in [6.45, 7) is 3.34. The predicted molar refractivity (Wildman–Crippen MR) is 81.4 cm³/mol. The molecule has 2 N–H and O–H groups in total. The van der Waals surface area contributed by atoms with Gasteiger partial charge in [0.25, 0.3) is 5.91 Å². The van der Waals surface area contributed by atoms with Crippen molar-refractivity contribution in [1.29, 1.82) is 0 Å². The molecule has 19 heavy (non-hydrogen) atoms. The van der Waals surface area contributed by atoms with Gasteiger partial charge in [0.15, 0.2) is 0 Å². The Bertz CT molecular complexity index is 481. The first-order valence-corrected chi connectivity index (χ1v) is 7.58. The minimum Gasteiger partial charge on any atom is -0.334 e. The SMILES string of the molecule is CC1CCCN(C(=O)c2ccc(F)cc2I)C1CN. The summed E-state index contributed by atoms with van der Waals surface area (Å²) in [4.78, 5) is 14.4. The minimum atomic E-state index is -0.316. The lowest BCUT2D eigenvalue weighted by Gasteiger charge is -2.39. The molecule has 0 aromatic heterocycles. The van der Waals surface area contributed by atoms with Crippen molar-refractivity contribution in [2.75, 3.05) is 13.1 Å². The monoisotopic (exact) mass is 376 g/mol. The normalized spacial score (nSPS) is 23.5. The summed E-state index contributed by atoms with van der Waals surface area (Å²) in [6, 6.07) is 4.37. The van der Waals surface area contributed by atoms with E-state index in [1.54, 1.807) is 6.07 Å². The van der Waals surface area contributed by atoms with Crippen LogP contribution in [0.1, 0.15) is 30.1 Å².